The lowest BCUT2D eigenvalue weighted by Crippen LogP contribution is -2.43. The molecule has 4 nitrogen and oxygen atoms in total. The molecule has 0 aromatic heterocycles. The minimum atomic E-state index is 0.168. The first-order valence-electron chi connectivity index (χ1n) is 9.80. The summed E-state index contributed by atoms with van der Waals surface area (Å²) >= 11 is 1.68. The van der Waals surface area contributed by atoms with Gasteiger partial charge in [-0.1, -0.05) is 60.5 Å². The van der Waals surface area contributed by atoms with Crippen molar-refractivity contribution in [2.24, 2.45) is 0 Å². The van der Waals surface area contributed by atoms with Crippen LogP contribution in [-0.4, -0.2) is 42.9 Å². The Morgan fingerprint density at radius 3 is 2.70 bits per heavy atom. The van der Waals surface area contributed by atoms with E-state index >= 15 is 0 Å². The molecule has 0 radical (unpaired) electrons. The van der Waals surface area contributed by atoms with Gasteiger partial charge in [-0.05, 0) is 43.1 Å². The lowest BCUT2D eigenvalue weighted by molar-refractivity contribution is 0.207. The maximum atomic E-state index is 13.4. The number of rotatable bonds is 3. The molecular weight excluding hydrogens is 354 g/mol. The third-order valence-electron chi connectivity index (χ3n) is 5.59. The van der Waals surface area contributed by atoms with E-state index in [1.54, 1.807) is 11.9 Å². The van der Waals surface area contributed by atoms with Crippen LogP contribution in [0, 0.1) is 0 Å². The van der Waals surface area contributed by atoms with E-state index in [1.807, 2.05) is 11.0 Å². The molecule has 1 N–H and O–H groups in total. The number of urea groups is 1. The number of para-hydroxylation sites is 1. The van der Waals surface area contributed by atoms with Gasteiger partial charge in [-0.15, -0.1) is 0 Å². The Kier molecular flexibility index (Phi) is 5.69. The molecule has 27 heavy (non-hydrogen) atoms. The lowest BCUT2D eigenvalue weighted by Gasteiger charge is -2.28. The van der Waals surface area contributed by atoms with Gasteiger partial charge in [0.1, 0.15) is 0 Å². The van der Waals surface area contributed by atoms with Crippen LogP contribution in [0.1, 0.15) is 24.8 Å². The molecule has 0 saturated carbocycles. The van der Waals surface area contributed by atoms with E-state index in [0.717, 1.165) is 56.6 Å². The van der Waals surface area contributed by atoms with Crippen molar-refractivity contribution in [2.45, 2.75) is 31.7 Å². The van der Waals surface area contributed by atoms with Crippen molar-refractivity contribution >= 4 is 23.7 Å². The van der Waals surface area contributed by atoms with Crippen molar-refractivity contribution in [1.82, 2.24) is 9.62 Å². The van der Waals surface area contributed by atoms with Crippen molar-refractivity contribution in [2.75, 3.05) is 30.8 Å². The smallest absolute Gasteiger partial charge is 0.324 e. The standard InChI is InChI=1S/C22H27N3OS/c1-27-23-19-10-6-14-24(15-13-19)22(26)25-16-12-18-9-5-11-20(21(18)25)17-7-3-2-4-8-17/h2-5,7-9,11,19,23H,6,10,12-16H2,1H3/t19-/m0/s1. The monoisotopic (exact) mass is 381 g/mol. The Balaban J connectivity index is 1.58. The van der Waals surface area contributed by atoms with Gasteiger partial charge in [0.2, 0.25) is 0 Å². The minimum absolute atomic E-state index is 0.168. The van der Waals surface area contributed by atoms with E-state index in [9.17, 15) is 4.79 Å². The quantitative estimate of drug-likeness (QED) is 0.792. The maximum Gasteiger partial charge on any atom is 0.324 e. The fourth-order valence-electron chi connectivity index (χ4n) is 4.24. The predicted molar refractivity (Wildman–Crippen MR) is 114 cm³/mol. The maximum absolute atomic E-state index is 13.4. The normalized spacial score (nSPS) is 19.7. The van der Waals surface area contributed by atoms with E-state index in [4.69, 9.17) is 0 Å². The average Bonchev–Trinajstić information content (AvgIpc) is 3.01. The van der Waals surface area contributed by atoms with E-state index in [-0.39, 0.29) is 6.03 Å². The summed E-state index contributed by atoms with van der Waals surface area (Å²) in [5.74, 6) is 0. The van der Waals surface area contributed by atoms with Gasteiger partial charge in [-0.25, -0.2) is 4.79 Å². The SMILES string of the molecule is CSN[C@H]1CCCN(C(=O)N2CCc3cccc(-c4ccccc4)c32)CC1. The number of carbonyl (C=O) groups excluding carboxylic acids is 1. The highest BCUT2D eigenvalue weighted by atomic mass is 32.2. The molecule has 2 aliphatic rings. The summed E-state index contributed by atoms with van der Waals surface area (Å²) < 4.78 is 3.46. The first-order chi connectivity index (χ1) is 13.3. The summed E-state index contributed by atoms with van der Waals surface area (Å²) in [7, 11) is 0. The molecule has 4 rings (SSSR count). The Labute approximate surface area is 166 Å². The summed E-state index contributed by atoms with van der Waals surface area (Å²) in [5.41, 5.74) is 4.73. The van der Waals surface area contributed by atoms with Crippen LogP contribution in [-0.2, 0) is 6.42 Å². The zero-order chi connectivity index (χ0) is 18.6. The summed E-state index contributed by atoms with van der Waals surface area (Å²) in [5, 5.41) is 0. The third kappa shape index (κ3) is 3.85. The summed E-state index contributed by atoms with van der Waals surface area (Å²) in [6.45, 7) is 2.46. The second-order valence-corrected chi connectivity index (χ2v) is 7.94. The second-order valence-electron chi connectivity index (χ2n) is 7.30. The molecule has 2 aliphatic heterocycles. The summed E-state index contributed by atoms with van der Waals surface area (Å²) in [6, 6.07) is 17.5. The molecule has 0 aliphatic carbocycles. The second kappa shape index (κ2) is 8.36. The summed E-state index contributed by atoms with van der Waals surface area (Å²) in [4.78, 5) is 17.5. The molecule has 2 amide bonds. The topological polar surface area (TPSA) is 35.6 Å². The van der Waals surface area contributed by atoms with Crippen LogP contribution in [0.2, 0.25) is 0 Å². The summed E-state index contributed by atoms with van der Waals surface area (Å²) in [6.07, 6.45) is 6.22. The van der Waals surface area contributed by atoms with Gasteiger partial charge in [-0.3, -0.25) is 9.62 Å². The first-order valence-corrected chi connectivity index (χ1v) is 11.0. The van der Waals surface area contributed by atoms with Crippen molar-refractivity contribution in [3.63, 3.8) is 0 Å². The van der Waals surface area contributed by atoms with Gasteiger partial charge >= 0.3 is 6.03 Å². The van der Waals surface area contributed by atoms with E-state index < -0.39 is 0 Å². The fourth-order valence-corrected chi connectivity index (χ4v) is 4.81. The zero-order valence-corrected chi connectivity index (χ0v) is 16.7. The molecule has 1 saturated heterocycles. The Bertz CT molecular complexity index is 795. The van der Waals surface area contributed by atoms with Crippen LogP contribution in [0.3, 0.4) is 0 Å². The van der Waals surface area contributed by atoms with Gasteiger partial charge in [-0.2, -0.15) is 0 Å². The number of carbonyl (C=O) groups is 1. The molecule has 2 heterocycles. The number of likely N-dealkylation sites (tertiary alicyclic amines) is 1. The highest BCUT2D eigenvalue weighted by Crippen LogP contribution is 2.38. The molecule has 5 heteroatoms. The highest BCUT2D eigenvalue weighted by molar-refractivity contribution is 7.96. The number of nitrogens with zero attached hydrogens (tertiary/aromatic N) is 2. The molecule has 1 fully saturated rings. The van der Waals surface area contributed by atoms with Crippen LogP contribution >= 0.6 is 11.9 Å². The van der Waals surface area contributed by atoms with Crippen LogP contribution in [0.25, 0.3) is 11.1 Å². The number of hydrogen-bond acceptors (Lipinski definition) is 3. The Hall–Kier alpha value is -1.98. The van der Waals surface area contributed by atoms with Gasteiger partial charge in [0.15, 0.2) is 0 Å². The van der Waals surface area contributed by atoms with Crippen LogP contribution < -0.4 is 9.62 Å². The average molecular weight is 382 g/mol. The fraction of sp³-hybridized carbons (Fsp3) is 0.409. The molecule has 2 aromatic rings. The molecule has 0 unspecified atom stereocenters. The van der Waals surface area contributed by atoms with Crippen molar-refractivity contribution in [1.29, 1.82) is 0 Å². The molecule has 0 bridgehead atoms. The number of anilines is 1. The molecular formula is C22H27N3OS. The van der Waals surface area contributed by atoms with Gasteiger partial charge in [0.05, 0.1) is 5.69 Å². The van der Waals surface area contributed by atoms with Crippen molar-refractivity contribution in [3.05, 3.63) is 54.1 Å². The van der Waals surface area contributed by atoms with Gasteiger partial charge < -0.3 is 4.90 Å². The number of benzene rings is 2. The minimum Gasteiger partial charge on any atom is -0.324 e. The Morgan fingerprint density at radius 2 is 1.89 bits per heavy atom. The van der Waals surface area contributed by atoms with Crippen LogP contribution in [0.15, 0.2) is 48.5 Å². The van der Waals surface area contributed by atoms with Crippen LogP contribution in [0.5, 0.6) is 0 Å². The first kappa shape index (κ1) is 18.4. The zero-order valence-electron chi connectivity index (χ0n) is 15.9. The predicted octanol–water partition coefficient (Wildman–Crippen LogP) is 4.56. The van der Waals surface area contributed by atoms with E-state index in [1.165, 1.54) is 11.1 Å². The van der Waals surface area contributed by atoms with E-state index in [2.05, 4.69) is 58.3 Å². The number of nitrogens with one attached hydrogen (secondary N) is 1. The molecule has 142 valence electrons. The Morgan fingerprint density at radius 1 is 1.04 bits per heavy atom. The third-order valence-corrected chi connectivity index (χ3v) is 6.16. The largest absolute Gasteiger partial charge is 0.324 e. The van der Waals surface area contributed by atoms with Gasteiger partial charge in [0.25, 0.3) is 0 Å². The van der Waals surface area contributed by atoms with Crippen molar-refractivity contribution in [3.8, 4) is 11.1 Å². The van der Waals surface area contributed by atoms with E-state index in [0.29, 0.717) is 6.04 Å². The highest BCUT2D eigenvalue weighted by Gasteiger charge is 2.31. The van der Waals surface area contributed by atoms with Gasteiger partial charge in [0, 0.05) is 31.2 Å². The molecule has 1 atom stereocenters. The molecule has 0 spiro atoms. The number of fused-ring (bicyclic) bond motifs is 1. The van der Waals surface area contributed by atoms with Crippen LogP contribution in [0.4, 0.5) is 10.5 Å². The van der Waals surface area contributed by atoms with Crippen molar-refractivity contribution < 1.29 is 4.79 Å². The molecule has 2 aromatic carbocycles. The number of amides is 2. The number of hydrogen-bond donors (Lipinski definition) is 1. The lowest BCUT2D eigenvalue weighted by atomic mass is 10.0.